The van der Waals surface area contributed by atoms with Gasteiger partial charge in [-0.15, -0.1) is 0 Å². The van der Waals surface area contributed by atoms with Crippen LogP contribution in [0.2, 0.25) is 0 Å². The van der Waals surface area contributed by atoms with Gasteiger partial charge >= 0.3 is 5.97 Å². The van der Waals surface area contributed by atoms with Gasteiger partial charge in [-0.25, -0.2) is 14.2 Å². The van der Waals surface area contributed by atoms with Crippen LogP contribution in [0.5, 0.6) is 5.75 Å². The number of nitrogens with one attached hydrogen (secondary N) is 1. The van der Waals surface area contributed by atoms with Crippen LogP contribution in [0.25, 0.3) is 4.96 Å². The SMILES string of the molecule is CCc1nn2c(=O)cc(COC(=O)c3cccc(NC(=O)COc4ccc(F)cc4)c3)nc2s1. The third-order valence-electron chi connectivity index (χ3n) is 4.56. The van der Waals surface area contributed by atoms with E-state index in [1.807, 2.05) is 6.92 Å². The molecule has 0 saturated heterocycles. The van der Waals surface area contributed by atoms with E-state index in [1.165, 1.54) is 58.3 Å². The van der Waals surface area contributed by atoms with Gasteiger partial charge in [0.05, 0.1) is 11.3 Å². The highest BCUT2D eigenvalue weighted by atomic mass is 32.1. The Kier molecular flexibility index (Phi) is 6.93. The molecule has 174 valence electrons. The molecule has 2 heterocycles. The number of rotatable bonds is 8. The molecular formula is C23H19FN4O5S. The van der Waals surface area contributed by atoms with E-state index >= 15 is 0 Å². The van der Waals surface area contributed by atoms with Crippen molar-refractivity contribution in [2.45, 2.75) is 20.0 Å². The van der Waals surface area contributed by atoms with E-state index in [1.54, 1.807) is 12.1 Å². The Morgan fingerprint density at radius 1 is 1.15 bits per heavy atom. The summed E-state index contributed by atoms with van der Waals surface area (Å²) in [7, 11) is 0. The quantitative estimate of drug-likeness (QED) is 0.384. The van der Waals surface area contributed by atoms with E-state index in [2.05, 4.69) is 15.4 Å². The number of nitrogens with zero attached hydrogens (tertiary/aromatic N) is 3. The minimum atomic E-state index is -0.640. The van der Waals surface area contributed by atoms with Crippen LogP contribution < -0.4 is 15.6 Å². The maximum absolute atomic E-state index is 12.9. The van der Waals surface area contributed by atoms with Crippen molar-refractivity contribution in [3.05, 3.63) is 87.0 Å². The van der Waals surface area contributed by atoms with Crippen LogP contribution in [0.3, 0.4) is 0 Å². The molecule has 0 radical (unpaired) electrons. The van der Waals surface area contributed by atoms with E-state index < -0.39 is 17.7 Å². The molecule has 0 atom stereocenters. The second-order valence-corrected chi connectivity index (χ2v) is 8.12. The summed E-state index contributed by atoms with van der Waals surface area (Å²) in [6, 6.07) is 12.8. The zero-order valence-electron chi connectivity index (χ0n) is 18.0. The van der Waals surface area contributed by atoms with Gasteiger partial charge in [-0.2, -0.15) is 9.61 Å². The molecule has 0 aliphatic carbocycles. The van der Waals surface area contributed by atoms with Gasteiger partial charge in [0.15, 0.2) is 6.61 Å². The fraction of sp³-hybridized carbons (Fsp3) is 0.174. The van der Waals surface area contributed by atoms with E-state index in [4.69, 9.17) is 9.47 Å². The fourth-order valence-electron chi connectivity index (χ4n) is 2.94. The summed E-state index contributed by atoms with van der Waals surface area (Å²) in [6.45, 7) is 1.45. The van der Waals surface area contributed by atoms with Crippen molar-refractivity contribution < 1.29 is 23.5 Å². The number of carbonyl (C=O) groups excluding carboxylic acids is 2. The van der Waals surface area contributed by atoms with Gasteiger partial charge in [-0.05, 0) is 48.9 Å². The molecule has 2 aromatic heterocycles. The molecule has 0 unspecified atom stereocenters. The van der Waals surface area contributed by atoms with Gasteiger partial charge in [0.1, 0.15) is 23.2 Å². The second-order valence-electron chi connectivity index (χ2n) is 7.08. The smallest absolute Gasteiger partial charge is 0.338 e. The van der Waals surface area contributed by atoms with Crippen molar-refractivity contribution in [3.63, 3.8) is 0 Å². The molecule has 1 N–H and O–H groups in total. The lowest BCUT2D eigenvalue weighted by molar-refractivity contribution is -0.118. The molecule has 0 spiro atoms. The summed E-state index contributed by atoms with van der Waals surface area (Å²) >= 11 is 1.30. The number of aryl methyl sites for hydroxylation is 1. The van der Waals surface area contributed by atoms with Crippen LogP contribution in [-0.4, -0.2) is 33.1 Å². The molecule has 9 nitrogen and oxygen atoms in total. The molecule has 2 aromatic carbocycles. The summed E-state index contributed by atoms with van der Waals surface area (Å²) in [5.41, 5.74) is 0.546. The predicted molar refractivity (Wildman–Crippen MR) is 123 cm³/mol. The zero-order chi connectivity index (χ0) is 24.1. The molecule has 34 heavy (non-hydrogen) atoms. The summed E-state index contributed by atoms with van der Waals surface area (Å²) in [5, 5.41) is 7.57. The predicted octanol–water partition coefficient (Wildman–Crippen LogP) is 3.23. The summed E-state index contributed by atoms with van der Waals surface area (Å²) in [4.78, 5) is 41.6. The highest BCUT2D eigenvalue weighted by molar-refractivity contribution is 7.16. The largest absolute Gasteiger partial charge is 0.484 e. The molecule has 11 heteroatoms. The molecule has 4 rings (SSSR count). The number of benzene rings is 2. The van der Waals surface area contributed by atoms with Gasteiger partial charge in [0, 0.05) is 11.8 Å². The van der Waals surface area contributed by atoms with Crippen molar-refractivity contribution in [1.29, 1.82) is 0 Å². The Morgan fingerprint density at radius 2 is 1.94 bits per heavy atom. The topological polar surface area (TPSA) is 112 Å². The maximum Gasteiger partial charge on any atom is 0.338 e. The normalized spacial score (nSPS) is 10.8. The summed E-state index contributed by atoms with van der Waals surface area (Å²) in [6.07, 6.45) is 0.684. The average Bonchev–Trinajstić information content (AvgIpc) is 3.26. The van der Waals surface area contributed by atoms with E-state index in [0.717, 1.165) is 5.01 Å². The molecule has 0 fully saturated rings. The number of amides is 1. The number of hydrogen-bond acceptors (Lipinski definition) is 8. The number of aromatic nitrogens is 3. The molecule has 4 aromatic rings. The van der Waals surface area contributed by atoms with Crippen molar-refractivity contribution >= 4 is 33.9 Å². The number of esters is 1. The second kappa shape index (κ2) is 10.2. The number of anilines is 1. The Labute approximate surface area is 196 Å². The van der Waals surface area contributed by atoms with Gasteiger partial charge in [-0.3, -0.25) is 9.59 Å². The lowest BCUT2D eigenvalue weighted by atomic mass is 10.2. The minimum absolute atomic E-state index is 0.188. The van der Waals surface area contributed by atoms with Crippen LogP contribution in [0, 0.1) is 5.82 Å². The number of ether oxygens (including phenoxy) is 2. The lowest BCUT2D eigenvalue weighted by Gasteiger charge is -2.09. The third-order valence-corrected chi connectivity index (χ3v) is 5.61. The number of halogens is 1. The summed E-state index contributed by atoms with van der Waals surface area (Å²) in [5.74, 6) is -1.15. The Morgan fingerprint density at radius 3 is 2.71 bits per heavy atom. The summed E-state index contributed by atoms with van der Waals surface area (Å²) < 4.78 is 24.7. The van der Waals surface area contributed by atoms with Gasteiger partial charge in [0.25, 0.3) is 11.5 Å². The zero-order valence-corrected chi connectivity index (χ0v) is 18.8. The van der Waals surface area contributed by atoms with E-state index in [9.17, 15) is 18.8 Å². The molecule has 1 amide bonds. The Bertz CT molecular complexity index is 1400. The van der Waals surface area contributed by atoms with Crippen LogP contribution in [0.1, 0.15) is 28.0 Å². The molecule has 0 bridgehead atoms. The molecule has 0 aliphatic rings. The lowest BCUT2D eigenvalue weighted by Crippen LogP contribution is -2.20. The van der Waals surface area contributed by atoms with Crippen LogP contribution in [0.15, 0.2) is 59.4 Å². The van der Waals surface area contributed by atoms with Crippen molar-refractivity contribution in [2.24, 2.45) is 0 Å². The third kappa shape index (κ3) is 5.62. The molecule has 0 aliphatic heterocycles. The van der Waals surface area contributed by atoms with Crippen LogP contribution in [0.4, 0.5) is 10.1 Å². The van der Waals surface area contributed by atoms with Crippen molar-refractivity contribution in [1.82, 2.24) is 14.6 Å². The monoisotopic (exact) mass is 482 g/mol. The van der Waals surface area contributed by atoms with Crippen molar-refractivity contribution in [2.75, 3.05) is 11.9 Å². The minimum Gasteiger partial charge on any atom is -0.484 e. The average molecular weight is 482 g/mol. The molecular weight excluding hydrogens is 463 g/mol. The number of carbonyl (C=O) groups is 2. The highest BCUT2D eigenvalue weighted by Gasteiger charge is 2.13. The van der Waals surface area contributed by atoms with Crippen molar-refractivity contribution in [3.8, 4) is 5.75 Å². The first-order valence-corrected chi connectivity index (χ1v) is 11.1. The first-order chi connectivity index (χ1) is 16.4. The standard InChI is InChI=1S/C23H19FN4O5S/c1-2-20-27-28-21(30)11-17(26-23(28)34-20)12-33-22(31)14-4-3-5-16(10-14)25-19(29)13-32-18-8-6-15(24)7-9-18/h3-11H,2,12-13H2,1H3,(H,25,29). The Balaban J connectivity index is 1.35. The van der Waals surface area contributed by atoms with Crippen LogP contribution in [-0.2, 0) is 22.6 Å². The van der Waals surface area contributed by atoms with E-state index in [-0.39, 0.29) is 24.3 Å². The van der Waals surface area contributed by atoms with Crippen LogP contribution >= 0.6 is 11.3 Å². The van der Waals surface area contributed by atoms with Gasteiger partial charge < -0.3 is 14.8 Å². The first kappa shape index (κ1) is 23.1. The van der Waals surface area contributed by atoms with Gasteiger partial charge in [-0.1, -0.05) is 24.3 Å². The Hall–Kier alpha value is -4.12. The first-order valence-electron chi connectivity index (χ1n) is 10.3. The maximum atomic E-state index is 12.9. The molecule has 0 saturated carbocycles. The fourth-order valence-corrected chi connectivity index (χ4v) is 3.79. The highest BCUT2D eigenvalue weighted by Crippen LogP contribution is 2.15. The van der Waals surface area contributed by atoms with Gasteiger partial charge in [0.2, 0.25) is 4.96 Å². The van der Waals surface area contributed by atoms with E-state index in [0.29, 0.717) is 28.5 Å². The number of fused-ring (bicyclic) bond motifs is 1. The number of hydrogen-bond donors (Lipinski definition) is 1.